The predicted octanol–water partition coefficient (Wildman–Crippen LogP) is 1.49. The van der Waals surface area contributed by atoms with Crippen LogP contribution in [-0.2, 0) is 9.59 Å². The van der Waals surface area contributed by atoms with Gasteiger partial charge >= 0.3 is 11.9 Å². The van der Waals surface area contributed by atoms with E-state index in [0.29, 0.717) is 18.8 Å². The molecule has 0 aromatic rings. The van der Waals surface area contributed by atoms with Crippen molar-refractivity contribution in [2.24, 2.45) is 23.2 Å². The van der Waals surface area contributed by atoms with Crippen LogP contribution in [0.5, 0.6) is 0 Å². The lowest BCUT2D eigenvalue weighted by Crippen LogP contribution is -2.60. The molecule has 19 heavy (non-hydrogen) atoms. The first-order chi connectivity index (χ1) is 8.83. The van der Waals surface area contributed by atoms with Crippen molar-refractivity contribution in [3.8, 4) is 0 Å². The summed E-state index contributed by atoms with van der Waals surface area (Å²) in [7, 11) is 0. The summed E-state index contributed by atoms with van der Waals surface area (Å²) in [5.74, 6) is -1.27. The lowest BCUT2D eigenvalue weighted by Gasteiger charge is -2.63. The second-order valence-corrected chi connectivity index (χ2v) is 6.94. The molecular formula is C14H20O5. The highest BCUT2D eigenvalue weighted by molar-refractivity contribution is 5.72. The Morgan fingerprint density at radius 3 is 1.79 bits per heavy atom. The number of carbonyl (C=O) groups is 2. The van der Waals surface area contributed by atoms with E-state index in [1.807, 2.05) is 0 Å². The van der Waals surface area contributed by atoms with Crippen molar-refractivity contribution in [1.29, 1.82) is 0 Å². The summed E-state index contributed by atoms with van der Waals surface area (Å²) < 4.78 is 0. The minimum absolute atomic E-state index is 0.0518. The van der Waals surface area contributed by atoms with Crippen molar-refractivity contribution >= 4 is 11.9 Å². The smallest absolute Gasteiger partial charge is 0.303 e. The fourth-order valence-corrected chi connectivity index (χ4v) is 5.35. The Kier molecular flexibility index (Phi) is 2.68. The van der Waals surface area contributed by atoms with E-state index in [0.717, 1.165) is 19.3 Å². The third-order valence-corrected chi connectivity index (χ3v) is 5.74. The van der Waals surface area contributed by atoms with Gasteiger partial charge in [0.25, 0.3) is 0 Å². The molecule has 0 radical (unpaired) electrons. The molecule has 5 heteroatoms. The van der Waals surface area contributed by atoms with E-state index in [1.165, 1.54) is 0 Å². The highest BCUT2D eigenvalue weighted by atomic mass is 16.4. The summed E-state index contributed by atoms with van der Waals surface area (Å²) in [6.07, 6.45) is 3.62. The van der Waals surface area contributed by atoms with E-state index in [-0.39, 0.29) is 24.7 Å². The molecule has 4 rings (SSSR count). The van der Waals surface area contributed by atoms with Crippen LogP contribution in [0, 0.1) is 23.2 Å². The molecule has 4 aliphatic carbocycles. The van der Waals surface area contributed by atoms with Crippen LogP contribution < -0.4 is 0 Å². The molecule has 0 heterocycles. The van der Waals surface area contributed by atoms with Gasteiger partial charge in [0.05, 0.1) is 18.4 Å². The van der Waals surface area contributed by atoms with Gasteiger partial charge in [-0.2, -0.15) is 0 Å². The van der Waals surface area contributed by atoms with Gasteiger partial charge in [-0.3, -0.25) is 9.59 Å². The summed E-state index contributed by atoms with van der Waals surface area (Å²) in [4.78, 5) is 22.4. The Hall–Kier alpha value is -1.10. The maximum absolute atomic E-state index is 11.2. The van der Waals surface area contributed by atoms with Crippen LogP contribution in [0.25, 0.3) is 0 Å². The summed E-state index contributed by atoms with van der Waals surface area (Å²) >= 11 is 0. The van der Waals surface area contributed by atoms with Crippen molar-refractivity contribution in [3.63, 3.8) is 0 Å². The lowest BCUT2D eigenvalue weighted by molar-refractivity contribution is -0.203. The number of aliphatic carboxylic acids is 2. The molecule has 0 aromatic heterocycles. The lowest BCUT2D eigenvalue weighted by atomic mass is 9.42. The summed E-state index contributed by atoms with van der Waals surface area (Å²) in [6, 6.07) is 0. The van der Waals surface area contributed by atoms with Crippen molar-refractivity contribution in [2.45, 2.75) is 50.5 Å². The Bertz CT molecular complexity index is 396. The summed E-state index contributed by atoms with van der Waals surface area (Å²) in [6.45, 7) is 0. The molecule has 5 nitrogen and oxygen atoms in total. The van der Waals surface area contributed by atoms with Crippen molar-refractivity contribution in [1.82, 2.24) is 0 Å². The number of aliphatic hydroxyl groups is 1. The van der Waals surface area contributed by atoms with Crippen LogP contribution in [0.15, 0.2) is 0 Å². The second-order valence-electron chi connectivity index (χ2n) is 6.94. The third kappa shape index (κ3) is 1.95. The molecule has 4 bridgehead atoms. The van der Waals surface area contributed by atoms with Crippen LogP contribution in [-0.4, -0.2) is 32.9 Å². The van der Waals surface area contributed by atoms with Gasteiger partial charge < -0.3 is 15.3 Å². The van der Waals surface area contributed by atoms with E-state index in [2.05, 4.69) is 0 Å². The molecule has 0 aliphatic heterocycles. The zero-order valence-corrected chi connectivity index (χ0v) is 10.8. The molecule has 2 atom stereocenters. The zero-order chi connectivity index (χ0) is 13.8. The van der Waals surface area contributed by atoms with Gasteiger partial charge in [-0.15, -0.1) is 0 Å². The molecule has 106 valence electrons. The third-order valence-electron chi connectivity index (χ3n) is 5.74. The SMILES string of the molecule is O=C(O)CC1(CC(=O)O)C2CC3CC1CC(O)(C3)C2. The van der Waals surface area contributed by atoms with E-state index in [4.69, 9.17) is 0 Å². The quantitative estimate of drug-likeness (QED) is 0.718. The number of hydrogen-bond donors (Lipinski definition) is 3. The molecule has 0 spiro atoms. The Morgan fingerprint density at radius 1 is 0.947 bits per heavy atom. The molecular weight excluding hydrogens is 248 g/mol. The first-order valence-electron chi connectivity index (χ1n) is 6.99. The molecule has 2 unspecified atom stereocenters. The van der Waals surface area contributed by atoms with E-state index >= 15 is 0 Å². The minimum atomic E-state index is -0.916. The summed E-state index contributed by atoms with van der Waals surface area (Å²) in [5.41, 5.74) is -1.29. The van der Waals surface area contributed by atoms with Crippen molar-refractivity contribution < 1.29 is 24.9 Å². The topological polar surface area (TPSA) is 94.8 Å². The largest absolute Gasteiger partial charge is 0.481 e. The average Bonchev–Trinajstić information content (AvgIpc) is 2.21. The van der Waals surface area contributed by atoms with Gasteiger partial charge in [-0.05, 0) is 55.3 Å². The standard InChI is InChI=1S/C14H20O5/c15-11(16)6-14(7-12(17)18)9-1-8-2-10(14)5-13(19,3-8)4-9/h8-10,19H,1-7H2,(H,15,16)(H,17,18). The Morgan fingerprint density at radius 2 is 1.42 bits per heavy atom. The van der Waals surface area contributed by atoms with Gasteiger partial charge in [-0.1, -0.05) is 0 Å². The fourth-order valence-electron chi connectivity index (χ4n) is 5.35. The Labute approximate surface area is 111 Å². The van der Waals surface area contributed by atoms with Gasteiger partial charge in [-0.25, -0.2) is 0 Å². The van der Waals surface area contributed by atoms with Crippen LogP contribution in [0.3, 0.4) is 0 Å². The average molecular weight is 268 g/mol. The highest BCUT2D eigenvalue weighted by Crippen LogP contribution is 2.65. The van der Waals surface area contributed by atoms with Crippen molar-refractivity contribution in [2.75, 3.05) is 0 Å². The normalized spacial score (nSPS) is 42.3. The van der Waals surface area contributed by atoms with E-state index in [9.17, 15) is 24.9 Å². The zero-order valence-electron chi connectivity index (χ0n) is 10.8. The maximum atomic E-state index is 11.2. The molecule has 4 saturated carbocycles. The van der Waals surface area contributed by atoms with Gasteiger partial charge in [0, 0.05) is 0 Å². The predicted molar refractivity (Wildman–Crippen MR) is 65.4 cm³/mol. The molecule has 0 amide bonds. The molecule has 0 aromatic carbocycles. The first-order valence-corrected chi connectivity index (χ1v) is 6.99. The molecule has 0 saturated heterocycles. The Balaban J connectivity index is 1.96. The minimum Gasteiger partial charge on any atom is -0.481 e. The monoisotopic (exact) mass is 268 g/mol. The summed E-state index contributed by atoms with van der Waals surface area (Å²) in [5, 5.41) is 28.9. The van der Waals surface area contributed by atoms with E-state index in [1.54, 1.807) is 0 Å². The van der Waals surface area contributed by atoms with Crippen LogP contribution >= 0.6 is 0 Å². The van der Waals surface area contributed by atoms with Crippen molar-refractivity contribution in [3.05, 3.63) is 0 Å². The molecule has 4 fully saturated rings. The van der Waals surface area contributed by atoms with Crippen LogP contribution in [0.4, 0.5) is 0 Å². The van der Waals surface area contributed by atoms with E-state index < -0.39 is 23.0 Å². The first kappa shape index (κ1) is 12.9. The van der Waals surface area contributed by atoms with Gasteiger partial charge in [0.1, 0.15) is 0 Å². The fraction of sp³-hybridized carbons (Fsp3) is 0.857. The highest BCUT2D eigenvalue weighted by Gasteiger charge is 2.62. The number of hydrogen-bond acceptors (Lipinski definition) is 3. The number of carboxylic acids is 2. The second kappa shape index (κ2) is 3.95. The molecule has 4 aliphatic rings. The van der Waals surface area contributed by atoms with Gasteiger partial charge in [0.2, 0.25) is 0 Å². The number of carboxylic acid groups (broad SMARTS) is 2. The van der Waals surface area contributed by atoms with Crippen LogP contribution in [0.1, 0.15) is 44.9 Å². The number of rotatable bonds is 4. The van der Waals surface area contributed by atoms with Gasteiger partial charge in [0.15, 0.2) is 0 Å². The van der Waals surface area contributed by atoms with Crippen LogP contribution in [0.2, 0.25) is 0 Å². The molecule has 3 N–H and O–H groups in total. The maximum Gasteiger partial charge on any atom is 0.303 e.